The van der Waals surface area contributed by atoms with Gasteiger partial charge in [-0.2, -0.15) is 35.2 Å². The van der Waals surface area contributed by atoms with Crippen LogP contribution in [0.25, 0.3) is 21.5 Å². The highest BCUT2D eigenvalue weighted by Gasteiger charge is 2.25. The molecule has 0 amide bonds. The summed E-state index contributed by atoms with van der Waals surface area (Å²) in [6.07, 6.45) is 0. The van der Waals surface area contributed by atoms with E-state index in [1.165, 1.54) is 18.2 Å². The first-order valence-electron chi connectivity index (χ1n) is 11.8. The van der Waals surface area contributed by atoms with E-state index in [0.717, 1.165) is 36.4 Å². The summed E-state index contributed by atoms with van der Waals surface area (Å²) < 4.78 is 102. The van der Waals surface area contributed by atoms with E-state index in [1.807, 2.05) is 0 Å². The minimum atomic E-state index is -5.14. The predicted molar refractivity (Wildman–Crippen MR) is 156 cm³/mol. The Balaban J connectivity index is 1.67. The van der Waals surface area contributed by atoms with Gasteiger partial charge in [-0.3, -0.25) is 13.7 Å². The average Bonchev–Trinajstić information content (AvgIpc) is 2.89. The van der Waals surface area contributed by atoms with E-state index in [4.69, 9.17) is 11.6 Å². The lowest BCUT2D eigenvalue weighted by atomic mass is 10.1. The smallest absolute Gasteiger partial charge is 0.297 e. The predicted octanol–water partition coefficient (Wildman–Crippen LogP) is 4.74. The van der Waals surface area contributed by atoms with Crippen molar-refractivity contribution in [3.8, 4) is 5.75 Å². The lowest BCUT2D eigenvalue weighted by molar-refractivity contribution is 0.472. The zero-order valence-electron chi connectivity index (χ0n) is 21.8. The van der Waals surface area contributed by atoms with Gasteiger partial charge in [0.1, 0.15) is 31.9 Å². The molecule has 0 aliphatic heterocycles. The third kappa shape index (κ3) is 6.15. The van der Waals surface area contributed by atoms with Crippen LogP contribution >= 0.6 is 11.6 Å². The molecule has 0 spiro atoms. The van der Waals surface area contributed by atoms with E-state index >= 15 is 0 Å². The van der Waals surface area contributed by atoms with Crippen LogP contribution in [0.4, 0.5) is 23.0 Å². The Labute approximate surface area is 253 Å². The zero-order chi connectivity index (χ0) is 32.2. The maximum atomic E-state index is 12.3. The number of anilines is 2. The Bertz CT molecular complexity index is 2370. The number of aromatic hydroxyl groups is 1. The Hall–Kier alpha value is -4.37. The first-order valence-corrected chi connectivity index (χ1v) is 16.5. The second-order valence-corrected chi connectivity index (χ2v) is 13.5. The van der Waals surface area contributed by atoms with Crippen molar-refractivity contribution in [3.63, 3.8) is 0 Å². The lowest BCUT2D eigenvalue weighted by Crippen LogP contribution is -2.03. The molecule has 16 nitrogen and oxygen atoms in total. The third-order valence-electron chi connectivity index (χ3n) is 6.05. The van der Waals surface area contributed by atoms with Crippen molar-refractivity contribution in [1.82, 2.24) is 15.0 Å². The molecule has 44 heavy (non-hydrogen) atoms. The van der Waals surface area contributed by atoms with Gasteiger partial charge in [-0.1, -0.05) is 18.2 Å². The van der Waals surface area contributed by atoms with Gasteiger partial charge in [0, 0.05) is 21.8 Å². The molecule has 5 N–H and O–H groups in total. The van der Waals surface area contributed by atoms with Gasteiger partial charge >= 0.3 is 0 Å². The molecule has 5 aromatic rings. The summed E-state index contributed by atoms with van der Waals surface area (Å²) >= 11 is 5.85. The van der Waals surface area contributed by atoms with Crippen molar-refractivity contribution in [2.45, 2.75) is 21.6 Å². The summed E-state index contributed by atoms with van der Waals surface area (Å²) in [5, 5.41) is 20.6. The van der Waals surface area contributed by atoms with Crippen molar-refractivity contribution >= 4 is 86.5 Å². The van der Waals surface area contributed by atoms with Gasteiger partial charge in [0.05, 0.1) is 0 Å². The minimum Gasteiger partial charge on any atom is -0.505 e. The van der Waals surface area contributed by atoms with E-state index in [-0.39, 0.29) is 32.8 Å². The van der Waals surface area contributed by atoms with E-state index in [0.29, 0.717) is 11.5 Å². The van der Waals surface area contributed by atoms with Gasteiger partial charge in [0.2, 0.25) is 11.2 Å². The fourth-order valence-corrected chi connectivity index (χ4v) is 6.72. The summed E-state index contributed by atoms with van der Waals surface area (Å²) in [6, 6.07) is 10.4. The minimum absolute atomic E-state index is 0.0352. The molecule has 228 valence electrons. The maximum Gasteiger partial charge on any atom is 0.297 e. The van der Waals surface area contributed by atoms with Gasteiger partial charge in [0.15, 0.2) is 5.75 Å². The summed E-state index contributed by atoms with van der Waals surface area (Å²) in [5.74, 6) is -0.385. The van der Waals surface area contributed by atoms with Crippen molar-refractivity contribution in [2.75, 3.05) is 5.32 Å². The number of aromatic nitrogens is 3. The zero-order valence-corrected chi connectivity index (χ0v) is 25.0. The number of phenols is 1. The molecule has 0 saturated carbocycles. The number of azo groups is 1. The molecule has 5 rings (SSSR count). The Morgan fingerprint density at radius 3 is 2.07 bits per heavy atom. The summed E-state index contributed by atoms with van der Waals surface area (Å²) in [4.78, 5) is 9.35. The third-order valence-corrected chi connectivity index (χ3v) is 8.94. The highest BCUT2D eigenvalue weighted by atomic mass is 35.5. The van der Waals surface area contributed by atoms with Crippen LogP contribution in [0.2, 0.25) is 5.28 Å². The number of rotatable bonds is 7. The Morgan fingerprint density at radius 1 is 0.750 bits per heavy atom. The van der Waals surface area contributed by atoms with Gasteiger partial charge in [0.25, 0.3) is 30.4 Å². The quantitative estimate of drug-likeness (QED) is 0.115. The topological polar surface area (TPSA) is 259 Å². The molecule has 0 atom stereocenters. The van der Waals surface area contributed by atoms with Crippen LogP contribution in [0.1, 0.15) is 5.82 Å². The average molecular weight is 681 g/mol. The van der Waals surface area contributed by atoms with Crippen molar-refractivity contribution in [1.29, 1.82) is 0 Å². The van der Waals surface area contributed by atoms with E-state index < -0.39 is 62.2 Å². The van der Waals surface area contributed by atoms with Crippen LogP contribution < -0.4 is 5.32 Å². The largest absolute Gasteiger partial charge is 0.505 e. The first kappa shape index (κ1) is 31.1. The normalized spacial score (nSPS) is 12.8. The summed E-state index contributed by atoms with van der Waals surface area (Å²) in [7, 11) is -15.0. The van der Waals surface area contributed by atoms with Crippen LogP contribution in [0, 0.1) is 6.92 Å². The van der Waals surface area contributed by atoms with Crippen LogP contribution in [-0.2, 0) is 30.4 Å². The SMILES string of the molecule is Cc1nc(Cl)nc(Nc2ccc3c(O)c(N=Nc4ccc5c(S(=O)(=O)O)cccc5c4S(=O)(=O)O)c(S(=O)(=O)O)cc3c2)n1. The second-order valence-electron chi connectivity index (χ2n) is 9.00. The molecule has 1 aromatic heterocycles. The van der Waals surface area contributed by atoms with Crippen LogP contribution in [-0.4, -0.2) is 59.0 Å². The van der Waals surface area contributed by atoms with Crippen molar-refractivity contribution in [3.05, 3.63) is 65.7 Å². The van der Waals surface area contributed by atoms with Gasteiger partial charge < -0.3 is 10.4 Å². The molecular weight excluding hydrogens is 664 g/mol. The molecular formula is C24H17ClN6O10S3. The van der Waals surface area contributed by atoms with Crippen molar-refractivity contribution < 1.29 is 44.0 Å². The highest BCUT2D eigenvalue weighted by molar-refractivity contribution is 7.86. The fourth-order valence-electron chi connectivity index (χ4n) is 4.33. The lowest BCUT2D eigenvalue weighted by Gasteiger charge is -2.12. The highest BCUT2D eigenvalue weighted by Crippen LogP contribution is 2.43. The van der Waals surface area contributed by atoms with Crippen LogP contribution in [0.15, 0.2) is 79.5 Å². The van der Waals surface area contributed by atoms with E-state index in [9.17, 15) is 44.0 Å². The number of benzene rings is 4. The molecule has 0 saturated heterocycles. The molecule has 0 fully saturated rings. The molecule has 4 aromatic carbocycles. The Morgan fingerprint density at radius 2 is 1.43 bits per heavy atom. The number of hydrogen-bond donors (Lipinski definition) is 5. The van der Waals surface area contributed by atoms with Crippen LogP contribution in [0.5, 0.6) is 5.75 Å². The van der Waals surface area contributed by atoms with E-state index in [2.05, 4.69) is 30.5 Å². The van der Waals surface area contributed by atoms with Gasteiger partial charge in [-0.25, -0.2) is 4.98 Å². The summed E-state index contributed by atoms with van der Waals surface area (Å²) in [5.41, 5.74) is -1.06. The molecule has 0 unspecified atom stereocenters. The molecule has 0 aliphatic carbocycles. The number of nitrogens with one attached hydrogen (secondary N) is 1. The van der Waals surface area contributed by atoms with E-state index in [1.54, 1.807) is 6.92 Å². The number of phenolic OH excluding ortho intramolecular Hbond substituents is 1. The number of hydrogen-bond acceptors (Lipinski definition) is 13. The number of nitrogens with zero attached hydrogens (tertiary/aromatic N) is 5. The molecule has 20 heteroatoms. The molecule has 0 aliphatic rings. The van der Waals surface area contributed by atoms with Gasteiger partial charge in [-0.05, 0) is 60.3 Å². The first-order chi connectivity index (χ1) is 20.4. The van der Waals surface area contributed by atoms with Crippen LogP contribution in [0.3, 0.4) is 0 Å². The second kappa shape index (κ2) is 11.0. The number of fused-ring (bicyclic) bond motifs is 2. The number of aryl methyl sites for hydroxylation is 1. The van der Waals surface area contributed by atoms with Gasteiger partial charge in [-0.15, -0.1) is 10.2 Å². The molecule has 0 bridgehead atoms. The maximum absolute atomic E-state index is 12.3. The summed E-state index contributed by atoms with van der Waals surface area (Å²) in [6.45, 7) is 1.58. The standard InChI is InChI=1S/C24H17ClN6O10S3/c1-11-26-23(25)29-24(27-11)28-13-5-6-14-12(9-13)10-19(43(36,37)38)20(21(14)32)31-30-17-8-7-15-16(22(17)44(39,40)41)3-2-4-18(15)42(33,34)35/h2-10,32H,1H3,(H,33,34,35)(H,36,37,38)(H,39,40,41)(H,26,27,28,29). The Kier molecular flexibility index (Phi) is 7.74. The number of halogens is 1. The fraction of sp³-hybridized carbons (Fsp3) is 0.0417. The molecule has 0 radical (unpaired) electrons. The van der Waals surface area contributed by atoms with Crippen molar-refractivity contribution in [2.24, 2.45) is 10.2 Å². The monoisotopic (exact) mass is 680 g/mol. The molecule has 1 heterocycles.